The van der Waals surface area contributed by atoms with Crippen LogP contribution in [0.15, 0.2) is 24.5 Å². The van der Waals surface area contributed by atoms with Crippen molar-refractivity contribution in [1.82, 2.24) is 4.98 Å². The summed E-state index contributed by atoms with van der Waals surface area (Å²) in [5.41, 5.74) is 1.39. The van der Waals surface area contributed by atoms with Crippen LogP contribution >= 0.6 is 11.6 Å². The lowest BCUT2D eigenvalue weighted by Crippen LogP contribution is -1.84. The summed E-state index contributed by atoms with van der Waals surface area (Å²) in [5, 5.41) is 0. The predicted molar refractivity (Wildman–Crippen MR) is 45.8 cm³/mol. The zero-order valence-corrected chi connectivity index (χ0v) is 6.96. The van der Waals surface area contributed by atoms with E-state index in [-0.39, 0.29) is 0 Å². The van der Waals surface area contributed by atoms with Gasteiger partial charge in [0.1, 0.15) is 0 Å². The Hall–Kier alpha value is -0.560. The molecule has 1 aromatic rings. The Balaban J connectivity index is 2.09. The maximum atomic E-state index is 5.73. The van der Waals surface area contributed by atoms with Crippen LogP contribution in [0.5, 0.6) is 0 Å². The number of nitrogens with zero attached hydrogens (tertiary/aromatic N) is 1. The standard InChI is InChI=1S/C9H10ClN/c10-6-8-5-9(8)7-1-3-11-4-2-7/h1-4,8-9H,5-6H2. The number of aromatic nitrogens is 1. The van der Waals surface area contributed by atoms with Crippen molar-refractivity contribution in [2.24, 2.45) is 5.92 Å². The summed E-state index contributed by atoms with van der Waals surface area (Å²) < 4.78 is 0. The topological polar surface area (TPSA) is 12.9 Å². The zero-order valence-electron chi connectivity index (χ0n) is 6.20. The van der Waals surface area contributed by atoms with Crippen LogP contribution in [0.4, 0.5) is 0 Å². The Morgan fingerprint density at radius 3 is 2.73 bits per heavy atom. The third kappa shape index (κ3) is 1.38. The van der Waals surface area contributed by atoms with E-state index in [0.717, 1.165) is 17.7 Å². The highest BCUT2D eigenvalue weighted by Gasteiger charge is 2.36. The molecular weight excluding hydrogens is 158 g/mol. The van der Waals surface area contributed by atoms with E-state index in [9.17, 15) is 0 Å². The van der Waals surface area contributed by atoms with E-state index >= 15 is 0 Å². The minimum absolute atomic E-state index is 0.718. The van der Waals surface area contributed by atoms with Crippen molar-refractivity contribution in [3.8, 4) is 0 Å². The van der Waals surface area contributed by atoms with E-state index in [2.05, 4.69) is 17.1 Å². The van der Waals surface area contributed by atoms with E-state index in [4.69, 9.17) is 11.6 Å². The van der Waals surface area contributed by atoms with Gasteiger partial charge in [0.25, 0.3) is 0 Å². The van der Waals surface area contributed by atoms with Crippen molar-refractivity contribution in [3.63, 3.8) is 0 Å². The second kappa shape index (κ2) is 2.82. The molecule has 58 valence electrons. The van der Waals surface area contributed by atoms with Gasteiger partial charge in [-0.2, -0.15) is 0 Å². The molecule has 0 saturated heterocycles. The number of pyridine rings is 1. The summed E-state index contributed by atoms with van der Waals surface area (Å²) in [6.45, 7) is 0. The van der Waals surface area contributed by atoms with Crippen LogP contribution in [0.1, 0.15) is 17.9 Å². The minimum atomic E-state index is 0.718. The molecule has 0 radical (unpaired) electrons. The molecule has 2 heteroatoms. The first-order valence-electron chi connectivity index (χ1n) is 3.87. The summed E-state index contributed by atoms with van der Waals surface area (Å²) in [4.78, 5) is 3.97. The van der Waals surface area contributed by atoms with Crippen molar-refractivity contribution in [3.05, 3.63) is 30.1 Å². The molecular formula is C9H10ClN. The van der Waals surface area contributed by atoms with Gasteiger partial charge in [-0.1, -0.05) is 0 Å². The molecule has 0 aromatic carbocycles. The van der Waals surface area contributed by atoms with Crippen LogP contribution in [-0.4, -0.2) is 10.9 Å². The van der Waals surface area contributed by atoms with Gasteiger partial charge in [0.15, 0.2) is 0 Å². The van der Waals surface area contributed by atoms with Crippen molar-refractivity contribution < 1.29 is 0 Å². The molecule has 1 aliphatic rings. The molecule has 1 saturated carbocycles. The molecule has 0 bridgehead atoms. The Kier molecular flexibility index (Phi) is 1.82. The molecule has 2 atom stereocenters. The molecule has 1 heterocycles. The molecule has 1 fully saturated rings. The molecule has 0 spiro atoms. The third-order valence-electron chi connectivity index (χ3n) is 2.26. The van der Waals surface area contributed by atoms with Gasteiger partial charge in [0.05, 0.1) is 0 Å². The van der Waals surface area contributed by atoms with Crippen LogP contribution in [0.2, 0.25) is 0 Å². The summed E-state index contributed by atoms with van der Waals surface area (Å²) in [5.74, 6) is 2.24. The van der Waals surface area contributed by atoms with Crippen molar-refractivity contribution in [2.45, 2.75) is 12.3 Å². The average molecular weight is 168 g/mol. The second-order valence-corrected chi connectivity index (χ2v) is 3.35. The molecule has 2 rings (SSSR count). The Morgan fingerprint density at radius 2 is 2.18 bits per heavy atom. The van der Waals surface area contributed by atoms with Crippen LogP contribution in [0, 0.1) is 5.92 Å². The highest BCUT2D eigenvalue weighted by molar-refractivity contribution is 6.18. The van der Waals surface area contributed by atoms with Crippen molar-refractivity contribution >= 4 is 11.6 Å². The van der Waals surface area contributed by atoms with Crippen LogP contribution in [0.3, 0.4) is 0 Å². The number of halogens is 1. The van der Waals surface area contributed by atoms with Crippen molar-refractivity contribution in [2.75, 3.05) is 5.88 Å². The normalized spacial score (nSPS) is 28.5. The van der Waals surface area contributed by atoms with Gasteiger partial charge in [-0.25, -0.2) is 0 Å². The van der Waals surface area contributed by atoms with Gasteiger partial charge in [-0.3, -0.25) is 4.98 Å². The van der Waals surface area contributed by atoms with Gasteiger partial charge < -0.3 is 0 Å². The third-order valence-corrected chi connectivity index (χ3v) is 2.65. The molecule has 1 aromatic heterocycles. The lowest BCUT2D eigenvalue weighted by atomic mass is 10.1. The molecule has 11 heavy (non-hydrogen) atoms. The fourth-order valence-corrected chi connectivity index (χ4v) is 1.78. The lowest BCUT2D eigenvalue weighted by molar-refractivity contribution is 0.921. The lowest BCUT2D eigenvalue weighted by Gasteiger charge is -1.95. The summed E-state index contributed by atoms with van der Waals surface area (Å²) in [7, 11) is 0. The quantitative estimate of drug-likeness (QED) is 0.617. The maximum absolute atomic E-state index is 5.73. The SMILES string of the molecule is ClCC1CC1c1ccncc1. The molecule has 0 aliphatic heterocycles. The highest BCUT2D eigenvalue weighted by Crippen LogP contribution is 2.47. The van der Waals surface area contributed by atoms with E-state index in [0.29, 0.717) is 0 Å². The largest absolute Gasteiger partial charge is 0.265 e. The average Bonchev–Trinajstić information content (AvgIpc) is 2.85. The fourth-order valence-electron chi connectivity index (χ4n) is 1.44. The van der Waals surface area contributed by atoms with E-state index < -0.39 is 0 Å². The monoisotopic (exact) mass is 167 g/mol. The van der Waals surface area contributed by atoms with Gasteiger partial charge in [0, 0.05) is 18.3 Å². The smallest absolute Gasteiger partial charge is 0.0270 e. The van der Waals surface area contributed by atoms with Gasteiger partial charge in [-0.05, 0) is 36.0 Å². The zero-order chi connectivity index (χ0) is 7.68. The van der Waals surface area contributed by atoms with E-state index in [1.807, 2.05) is 12.4 Å². The first kappa shape index (κ1) is 7.11. The molecule has 1 aliphatic carbocycles. The number of alkyl halides is 1. The van der Waals surface area contributed by atoms with Crippen molar-refractivity contribution in [1.29, 1.82) is 0 Å². The number of hydrogen-bond donors (Lipinski definition) is 0. The van der Waals surface area contributed by atoms with Crippen LogP contribution < -0.4 is 0 Å². The second-order valence-electron chi connectivity index (χ2n) is 3.04. The number of hydrogen-bond acceptors (Lipinski definition) is 1. The van der Waals surface area contributed by atoms with Gasteiger partial charge in [0.2, 0.25) is 0 Å². The van der Waals surface area contributed by atoms with Crippen LogP contribution in [-0.2, 0) is 0 Å². The number of rotatable bonds is 2. The maximum Gasteiger partial charge on any atom is 0.0270 e. The molecule has 1 nitrogen and oxygen atoms in total. The van der Waals surface area contributed by atoms with Gasteiger partial charge >= 0.3 is 0 Å². The fraction of sp³-hybridized carbons (Fsp3) is 0.444. The Labute approximate surface area is 71.4 Å². The molecule has 0 amide bonds. The first-order chi connectivity index (χ1) is 5.42. The van der Waals surface area contributed by atoms with Gasteiger partial charge in [-0.15, -0.1) is 11.6 Å². The Morgan fingerprint density at radius 1 is 1.45 bits per heavy atom. The first-order valence-corrected chi connectivity index (χ1v) is 4.41. The van der Waals surface area contributed by atoms with Crippen LogP contribution in [0.25, 0.3) is 0 Å². The molecule has 0 N–H and O–H groups in total. The summed E-state index contributed by atoms with van der Waals surface area (Å²) in [6.07, 6.45) is 4.95. The molecule has 2 unspecified atom stereocenters. The predicted octanol–water partition coefficient (Wildman–Crippen LogP) is 2.42. The summed E-state index contributed by atoms with van der Waals surface area (Å²) >= 11 is 5.73. The van der Waals surface area contributed by atoms with E-state index in [1.54, 1.807) is 0 Å². The Bertz CT molecular complexity index is 235. The van der Waals surface area contributed by atoms with E-state index in [1.165, 1.54) is 12.0 Å². The highest BCUT2D eigenvalue weighted by atomic mass is 35.5. The summed E-state index contributed by atoms with van der Waals surface area (Å²) in [6, 6.07) is 4.16. The minimum Gasteiger partial charge on any atom is -0.265 e.